The summed E-state index contributed by atoms with van der Waals surface area (Å²) in [4.78, 5) is 13.8. The molecule has 1 amide bonds. The summed E-state index contributed by atoms with van der Waals surface area (Å²) < 4.78 is 5.64. The van der Waals surface area contributed by atoms with Gasteiger partial charge in [0.1, 0.15) is 5.75 Å². The molecule has 0 radical (unpaired) electrons. The zero-order valence-electron chi connectivity index (χ0n) is 11.6. The Balaban J connectivity index is 2.43. The minimum atomic E-state index is -0.478. The Bertz CT molecular complexity index is 391. The molecule has 18 heavy (non-hydrogen) atoms. The van der Waals surface area contributed by atoms with Crippen LogP contribution < -0.4 is 10.1 Å². The Morgan fingerprint density at radius 2 is 2.06 bits per heavy atom. The molecule has 0 unspecified atom stereocenters. The van der Waals surface area contributed by atoms with Crippen molar-refractivity contribution in [3.8, 4) is 5.75 Å². The Hall–Kier alpha value is -1.55. The molecule has 0 heterocycles. The van der Waals surface area contributed by atoms with Gasteiger partial charge in [-0.2, -0.15) is 0 Å². The highest BCUT2D eigenvalue weighted by Gasteiger charge is 2.14. The second-order valence-electron chi connectivity index (χ2n) is 4.62. The highest BCUT2D eigenvalue weighted by atomic mass is 16.5. The zero-order valence-corrected chi connectivity index (χ0v) is 11.6. The first-order valence-corrected chi connectivity index (χ1v) is 6.15. The number of ether oxygens (including phenoxy) is 1. The number of para-hydroxylation sites is 1. The van der Waals surface area contributed by atoms with E-state index >= 15 is 0 Å². The van der Waals surface area contributed by atoms with Crippen LogP contribution in [0.15, 0.2) is 24.3 Å². The molecule has 1 aromatic carbocycles. The van der Waals surface area contributed by atoms with Gasteiger partial charge in [0.15, 0.2) is 6.10 Å². The first kappa shape index (κ1) is 14.5. The average Bonchev–Trinajstić information content (AvgIpc) is 2.31. The number of likely N-dealkylation sites (N-methyl/N-ethyl adjacent to an activating group) is 1. The molecule has 1 N–H and O–H groups in total. The number of benzene rings is 1. The van der Waals surface area contributed by atoms with Crippen LogP contribution in [0.3, 0.4) is 0 Å². The van der Waals surface area contributed by atoms with Crippen LogP contribution in [0.25, 0.3) is 0 Å². The van der Waals surface area contributed by atoms with Gasteiger partial charge in [-0.25, -0.2) is 0 Å². The van der Waals surface area contributed by atoms with Crippen molar-refractivity contribution < 1.29 is 9.53 Å². The summed E-state index contributed by atoms with van der Waals surface area (Å²) >= 11 is 0. The maximum absolute atomic E-state index is 11.8. The zero-order chi connectivity index (χ0) is 13.5. The average molecular weight is 250 g/mol. The maximum Gasteiger partial charge on any atom is 0.260 e. The van der Waals surface area contributed by atoms with Gasteiger partial charge in [0, 0.05) is 13.1 Å². The van der Waals surface area contributed by atoms with Crippen molar-refractivity contribution >= 4 is 5.91 Å². The highest BCUT2D eigenvalue weighted by molar-refractivity contribution is 5.80. The van der Waals surface area contributed by atoms with E-state index in [-0.39, 0.29) is 5.91 Å². The molecule has 1 aromatic rings. The third kappa shape index (κ3) is 4.75. The number of nitrogens with one attached hydrogen (secondary N) is 1. The smallest absolute Gasteiger partial charge is 0.260 e. The van der Waals surface area contributed by atoms with E-state index in [9.17, 15) is 4.79 Å². The molecule has 4 nitrogen and oxygen atoms in total. The van der Waals surface area contributed by atoms with Crippen molar-refractivity contribution in [1.29, 1.82) is 0 Å². The molecule has 0 aliphatic rings. The van der Waals surface area contributed by atoms with E-state index < -0.39 is 6.10 Å². The van der Waals surface area contributed by atoms with Crippen molar-refractivity contribution in [2.45, 2.75) is 20.0 Å². The van der Waals surface area contributed by atoms with Gasteiger partial charge < -0.3 is 15.0 Å². The van der Waals surface area contributed by atoms with Gasteiger partial charge in [-0.15, -0.1) is 0 Å². The normalized spacial score (nSPS) is 12.3. The van der Waals surface area contributed by atoms with Crippen LogP contribution in [0.4, 0.5) is 0 Å². The summed E-state index contributed by atoms with van der Waals surface area (Å²) in [7, 11) is 3.94. The molecule has 0 bridgehead atoms. The summed E-state index contributed by atoms with van der Waals surface area (Å²) in [6.07, 6.45) is -0.478. The van der Waals surface area contributed by atoms with E-state index in [0.29, 0.717) is 6.54 Å². The summed E-state index contributed by atoms with van der Waals surface area (Å²) in [5.41, 5.74) is 1.03. The van der Waals surface area contributed by atoms with Crippen molar-refractivity contribution in [2.75, 3.05) is 27.2 Å². The Kier molecular flexibility index (Phi) is 5.65. The van der Waals surface area contributed by atoms with E-state index in [4.69, 9.17) is 4.74 Å². The van der Waals surface area contributed by atoms with Gasteiger partial charge in [0.05, 0.1) is 0 Å². The second kappa shape index (κ2) is 7.01. The quantitative estimate of drug-likeness (QED) is 0.830. The lowest BCUT2D eigenvalue weighted by molar-refractivity contribution is -0.127. The van der Waals surface area contributed by atoms with E-state index in [1.165, 1.54) is 0 Å². The molecule has 0 saturated heterocycles. The fourth-order valence-electron chi connectivity index (χ4n) is 1.48. The standard InChI is InChI=1S/C14H22N2O2/c1-11-7-5-6-8-13(11)18-12(2)14(17)15-9-10-16(3)4/h5-8,12H,9-10H2,1-4H3,(H,15,17)/t12-/m0/s1. The van der Waals surface area contributed by atoms with Crippen molar-refractivity contribution in [3.63, 3.8) is 0 Å². The Morgan fingerprint density at radius 1 is 1.39 bits per heavy atom. The highest BCUT2D eigenvalue weighted by Crippen LogP contribution is 2.17. The number of carbonyl (C=O) groups is 1. The molecule has 0 spiro atoms. The molecule has 0 aliphatic carbocycles. The van der Waals surface area contributed by atoms with Crippen LogP contribution in [0.1, 0.15) is 12.5 Å². The Morgan fingerprint density at radius 3 is 2.67 bits per heavy atom. The lowest BCUT2D eigenvalue weighted by atomic mass is 10.2. The number of amides is 1. The fourth-order valence-corrected chi connectivity index (χ4v) is 1.48. The number of rotatable bonds is 6. The number of nitrogens with zero attached hydrogens (tertiary/aromatic N) is 1. The van der Waals surface area contributed by atoms with Crippen LogP contribution >= 0.6 is 0 Å². The Labute approximate surface area is 109 Å². The van der Waals surface area contributed by atoms with Gasteiger partial charge >= 0.3 is 0 Å². The first-order valence-electron chi connectivity index (χ1n) is 6.15. The lowest BCUT2D eigenvalue weighted by Gasteiger charge is -2.17. The molecule has 4 heteroatoms. The van der Waals surface area contributed by atoms with Crippen molar-refractivity contribution in [1.82, 2.24) is 10.2 Å². The minimum Gasteiger partial charge on any atom is -0.481 e. The van der Waals surface area contributed by atoms with Crippen molar-refractivity contribution in [3.05, 3.63) is 29.8 Å². The molecule has 1 rings (SSSR count). The maximum atomic E-state index is 11.8. The largest absolute Gasteiger partial charge is 0.481 e. The topological polar surface area (TPSA) is 41.6 Å². The summed E-state index contributed by atoms with van der Waals surface area (Å²) in [5, 5.41) is 2.85. The van der Waals surface area contributed by atoms with E-state index in [1.54, 1.807) is 6.92 Å². The van der Waals surface area contributed by atoms with Crippen LogP contribution in [0.5, 0.6) is 5.75 Å². The molecule has 0 aliphatic heterocycles. The molecule has 0 fully saturated rings. The van der Waals surface area contributed by atoms with E-state index in [1.807, 2.05) is 50.2 Å². The van der Waals surface area contributed by atoms with Gasteiger partial charge in [-0.3, -0.25) is 4.79 Å². The molecule has 1 atom stereocenters. The number of hydrogen-bond donors (Lipinski definition) is 1. The third-order valence-electron chi connectivity index (χ3n) is 2.62. The SMILES string of the molecule is Cc1ccccc1O[C@@H](C)C(=O)NCCN(C)C. The number of carbonyl (C=O) groups excluding carboxylic acids is 1. The van der Waals surface area contributed by atoms with E-state index in [2.05, 4.69) is 5.32 Å². The van der Waals surface area contributed by atoms with Crippen LogP contribution in [-0.2, 0) is 4.79 Å². The predicted octanol–water partition coefficient (Wildman–Crippen LogP) is 1.44. The van der Waals surface area contributed by atoms with Crippen molar-refractivity contribution in [2.24, 2.45) is 0 Å². The number of aryl methyl sites for hydroxylation is 1. The number of hydrogen-bond acceptors (Lipinski definition) is 3. The minimum absolute atomic E-state index is 0.0832. The predicted molar refractivity (Wildman–Crippen MR) is 72.8 cm³/mol. The second-order valence-corrected chi connectivity index (χ2v) is 4.62. The monoisotopic (exact) mass is 250 g/mol. The summed E-state index contributed by atoms with van der Waals surface area (Å²) in [6, 6.07) is 7.69. The lowest BCUT2D eigenvalue weighted by Crippen LogP contribution is -2.39. The van der Waals surface area contributed by atoms with Crippen LogP contribution in [0, 0.1) is 6.92 Å². The molecule has 100 valence electrons. The molecule has 0 aromatic heterocycles. The third-order valence-corrected chi connectivity index (χ3v) is 2.62. The molecular formula is C14H22N2O2. The summed E-state index contributed by atoms with van der Waals surface area (Å²) in [5.74, 6) is 0.674. The van der Waals surface area contributed by atoms with Gasteiger partial charge in [-0.05, 0) is 39.6 Å². The van der Waals surface area contributed by atoms with Crippen LogP contribution in [-0.4, -0.2) is 44.1 Å². The van der Waals surface area contributed by atoms with E-state index in [0.717, 1.165) is 17.9 Å². The van der Waals surface area contributed by atoms with Crippen LogP contribution in [0.2, 0.25) is 0 Å². The van der Waals surface area contributed by atoms with Gasteiger partial charge in [-0.1, -0.05) is 18.2 Å². The van der Waals surface area contributed by atoms with Gasteiger partial charge in [0.25, 0.3) is 5.91 Å². The summed E-state index contributed by atoms with van der Waals surface area (Å²) in [6.45, 7) is 5.18. The van der Waals surface area contributed by atoms with Gasteiger partial charge in [0.2, 0.25) is 0 Å². The molecule has 0 saturated carbocycles. The first-order chi connectivity index (χ1) is 8.50. The molecular weight excluding hydrogens is 228 g/mol. The fraction of sp³-hybridized carbons (Fsp3) is 0.500.